The Labute approximate surface area is 228 Å². The molecule has 6 rings (SSSR count). The SMILES string of the molecule is Cc1c(F)cccc1-c1ccccc1CC1N=C(c2ccc3[nH]c(=O)[nH]c3c2)c2cc(Cl)ccc2N(C)C1=O. The first kappa shape index (κ1) is 24.8. The van der Waals surface area contributed by atoms with E-state index in [0.717, 1.165) is 22.3 Å². The molecule has 0 saturated heterocycles. The number of benzodiazepines with no additional fused rings is 1. The highest BCUT2D eigenvalue weighted by atomic mass is 35.5. The van der Waals surface area contributed by atoms with Gasteiger partial charge in [-0.2, -0.15) is 0 Å². The Balaban J connectivity index is 1.51. The summed E-state index contributed by atoms with van der Waals surface area (Å²) in [5.74, 6) is -0.450. The third-order valence-corrected chi connectivity index (χ3v) is 7.49. The van der Waals surface area contributed by atoms with Crippen molar-refractivity contribution in [1.82, 2.24) is 9.97 Å². The molecule has 1 aliphatic heterocycles. The summed E-state index contributed by atoms with van der Waals surface area (Å²) in [5.41, 5.74) is 6.82. The van der Waals surface area contributed by atoms with Crippen molar-refractivity contribution >= 4 is 39.9 Å². The fourth-order valence-electron chi connectivity index (χ4n) is 5.22. The molecule has 0 radical (unpaired) electrons. The number of carbonyl (C=O) groups is 1. The Kier molecular flexibility index (Phi) is 6.16. The van der Waals surface area contributed by atoms with E-state index in [1.54, 1.807) is 37.1 Å². The molecule has 0 fully saturated rings. The van der Waals surface area contributed by atoms with Crippen LogP contribution in [-0.2, 0) is 11.2 Å². The minimum atomic E-state index is -0.757. The third kappa shape index (κ3) is 4.45. The first-order valence-corrected chi connectivity index (χ1v) is 12.9. The zero-order valence-electron chi connectivity index (χ0n) is 21.3. The number of hydrogen-bond acceptors (Lipinski definition) is 3. The van der Waals surface area contributed by atoms with Gasteiger partial charge < -0.3 is 14.9 Å². The number of carbonyl (C=O) groups excluding carboxylic acids is 1. The van der Waals surface area contributed by atoms with Crippen LogP contribution in [0.3, 0.4) is 0 Å². The molecule has 5 aromatic rings. The molecule has 0 aliphatic carbocycles. The average molecular weight is 539 g/mol. The quantitative estimate of drug-likeness (QED) is 0.292. The van der Waals surface area contributed by atoms with Crippen molar-refractivity contribution < 1.29 is 9.18 Å². The van der Waals surface area contributed by atoms with Gasteiger partial charge in [0, 0.05) is 29.6 Å². The van der Waals surface area contributed by atoms with Gasteiger partial charge in [0.2, 0.25) is 0 Å². The van der Waals surface area contributed by atoms with Gasteiger partial charge in [-0.25, -0.2) is 9.18 Å². The number of aliphatic imine (C=N–C) groups is 1. The molecule has 39 heavy (non-hydrogen) atoms. The number of H-pyrrole nitrogens is 2. The first-order valence-electron chi connectivity index (χ1n) is 12.5. The van der Waals surface area contributed by atoms with E-state index in [0.29, 0.717) is 45.0 Å². The lowest BCUT2D eigenvalue weighted by molar-refractivity contribution is -0.119. The van der Waals surface area contributed by atoms with E-state index < -0.39 is 6.04 Å². The minimum Gasteiger partial charge on any atom is -0.313 e. The standard InChI is InChI=1S/C31H24ClFN4O2/c1-17-21(8-5-9-24(17)33)22-7-4-3-6-18(22)14-27-30(38)37(2)28-13-11-20(32)16-23(28)29(34-27)19-10-12-25-26(15-19)36-31(39)35-25/h3-13,15-16,27H,14H2,1-2H3,(H2,35,36,39). The molecule has 8 heteroatoms. The smallest absolute Gasteiger partial charge is 0.313 e. The maximum absolute atomic E-state index is 14.4. The lowest BCUT2D eigenvalue weighted by atomic mass is 9.92. The second-order valence-electron chi connectivity index (χ2n) is 9.67. The Morgan fingerprint density at radius 1 is 0.897 bits per heavy atom. The summed E-state index contributed by atoms with van der Waals surface area (Å²) in [7, 11) is 1.73. The number of benzene rings is 4. The van der Waals surface area contributed by atoms with Gasteiger partial charge in [-0.15, -0.1) is 0 Å². The van der Waals surface area contributed by atoms with Crippen LogP contribution >= 0.6 is 11.6 Å². The number of aromatic amines is 2. The van der Waals surface area contributed by atoms with Crippen molar-refractivity contribution in [3.63, 3.8) is 0 Å². The Bertz CT molecular complexity index is 1860. The fourth-order valence-corrected chi connectivity index (χ4v) is 5.40. The first-order chi connectivity index (χ1) is 18.8. The molecule has 1 amide bonds. The van der Waals surface area contributed by atoms with Crippen LogP contribution in [0.5, 0.6) is 0 Å². The lowest BCUT2D eigenvalue weighted by Gasteiger charge is -2.21. The maximum Gasteiger partial charge on any atom is 0.323 e. The molecule has 1 aromatic heterocycles. The molecular formula is C31H24ClFN4O2. The van der Waals surface area contributed by atoms with Crippen molar-refractivity contribution in [3.8, 4) is 11.1 Å². The van der Waals surface area contributed by atoms with Gasteiger partial charge in [-0.05, 0) is 65.6 Å². The second kappa shape index (κ2) is 9.67. The van der Waals surface area contributed by atoms with Crippen molar-refractivity contribution in [2.75, 3.05) is 11.9 Å². The van der Waals surface area contributed by atoms with E-state index >= 15 is 0 Å². The van der Waals surface area contributed by atoms with Crippen LogP contribution in [0.15, 0.2) is 88.6 Å². The number of aromatic nitrogens is 2. The summed E-state index contributed by atoms with van der Waals surface area (Å²) >= 11 is 6.41. The summed E-state index contributed by atoms with van der Waals surface area (Å²) in [6.45, 7) is 1.75. The van der Waals surface area contributed by atoms with Crippen LogP contribution in [0.2, 0.25) is 5.02 Å². The average Bonchev–Trinajstić information content (AvgIpc) is 3.27. The Hall–Kier alpha value is -4.49. The molecule has 2 heterocycles. The van der Waals surface area contributed by atoms with Crippen LogP contribution in [-0.4, -0.2) is 34.7 Å². The zero-order valence-corrected chi connectivity index (χ0v) is 22.0. The summed E-state index contributed by atoms with van der Waals surface area (Å²) in [4.78, 5) is 37.9. The molecule has 194 valence electrons. The summed E-state index contributed by atoms with van der Waals surface area (Å²) in [5, 5.41) is 0.517. The van der Waals surface area contributed by atoms with Crippen molar-refractivity contribution in [2.24, 2.45) is 4.99 Å². The predicted octanol–water partition coefficient (Wildman–Crippen LogP) is 6.05. The van der Waals surface area contributed by atoms with Crippen LogP contribution in [0.25, 0.3) is 22.2 Å². The van der Waals surface area contributed by atoms with Crippen LogP contribution in [0.1, 0.15) is 22.3 Å². The molecule has 1 atom stereocenters. The van der Waals surface area contributed by atoms with Crippen molar-refractivity contribution in [2.45, 2.75) is 19.4 Å². The van der Waals surface area contributed by atoms with Gasteiger partial charge in [-0.1, -0.05) is 54.1 Å². The van der Waals surface area contributed by atoms with Gasteiger partial charge in [0.25, 0.3) is 5.91 Å². The largest absolute Gasteiger partial charge is 0.323 e. The zero-order chi connectivity index (χ0) is 27.3. The van der Waals surface area contributed by atoms with E-state index in [2.05, 4.69) is 9.97 Å². The van der Waals surface area contributed by atoms with E-state index in [1.165, 1.54) is 6.07 Å². The van der Waals surface area contributed by atoms with Crippen LogP contribution < -0.4 is 10.6 Å². The lowest BCUT2D eigenvalue weighted by Crippen LogP contribution is -2.36. The molecule has 0 spiro atoms. The summed E-state index contributed by atoms with van der Waals surface area (Å²) < 4.78 is 14.4. The predicted molar refractivity (Wildman–Crippen MR) is 153 cm³/mol. The molecular weight excluding hydrogens is 515 g/mol. The molecule has 0 bridgehead atoms. The topological polar surface area (TPSA) is 81.3 Å². The maximum atomic E-state index is 14.4. The highest BCUT2D eigenvalue weighted by Crippen LogP contribution is 2.33. The summed E-state index contributed by atoms with van der Waals surface area (Å²) in [6, 6.07) is 22.9. The number of nitrogens with one attached hydrogen (secondary N) is 2. The number of rotatable bonds is 4. The monoisotopic (exact) mass is 538 g/mol. The Morgan fingerprint density at radius 2 is 1.67 bits per heavy atom. The highest BCUT2D eigenvalue weighted by Gasteiger charge is 2.31. The number of nitrogens with zero attached hydrogens (tertiary/aromatic N) is 2. The number of hydrogen-bond donors (Lipinski definition) is 2. The van der Waals surface area contributed by atoms with Crippen molar-refractivity contribution in [1.29, 1.82) is 0 Å². The fraction of sp³-hybridized carbons (Fsp3) is 0.129. The van der Waals surface area contributed by atoms with Gasteiger partial charge in [-0.3, -0.25) is 9.79 Å². The number of fused-ring (bicyclic) bond motifs is 2. The number of likely N-dealkylation sites (N-methyl/N-ethyl adjacent to an activating group) is 1. The number of imidazole rings is 1. The summed E-state index contributed by atoms with van der Waals surface area (Å²) in [6.07, 6.45) is 0.309. The molecule has 6 nitrogen and oxygen atoms in total. The van der Waals surface area contributed by atoms with Crippen LogP contribution in [0.4, 0.5) is 10.1 Å². The van der Waals surface area contributed by atoms with E-state index in [1.807, 2.05) is 54.6 Å². The second-order valence-corrected chi connectivity index (χ2v) is 10.1. The van der Waals surface area contributed by atoms with E-state index in [9.17, 15) is 14.0 Å². The number of anilines is 1. The van der Waals surface area contributed by atoms with E-state index in [-0.39, 0.29) is 17.4 Å². The normalized spacial score (nSPS) is 15.3. The highest BCUT2D eigenvalue weighted by molar-refractivity contribution is 6.32. The molecule has 1 aliphatic rings. The van der Waals surface area contributed by atoms with Crippen LogP contribution in [0, 0.1) is 12.7 Å². The van der Waals surface area contributed by atoms with E-state index in [4.69, 9.17) is 16.6 Å². The Morgan fingerprint density at radius 3 is 2.51 bits per heavy atom. The van der Waals surface area contributed by atoms with Gasteiger partial charge in [0.1, 0.15) is 11.9 Å². The third-order valence-electron chi connectivity index (χ3n) is 7.25. The number of halogens is 2. The molecule has 2 N–H and O–H groups in total. The molecule has 0 saturated carbocycles. The van der Waals surface area contributed by atoms with Gasteiger partial charge in [0.15, 0.2) is 0 Å². The molecule has 4 aromatic carbocycles. The van der Waals surface area contributed by atoms with Gasteiger partial charge >= 0.3 is 5.69 Å². The van der Waals surface area contributed by atoms with Crippen molar-refractivity contribution in [3.05, 3.63) is 122 Å². The van der Waals surface area contributed by atoms with Gasteiger partial charge in [0.05, 0.1) is 22.4 Å². The molecule has 1 unspecified atom stereocenters. The number of amides is 1. The minimum absolute atomic E-state index is 0.171.